The maximum absolute atomic E-state index is 11.3. The normalized spacial score (nSPS) is 12.8. The van der Waals surface area contributed by atoms with Crippen molar-refractivity contribution >= 4 is 23.1 Å². The van der Waals surface area contributed by atoms with Crippen molar-refractivity contribution < 1.29 is 15.0 Å². The van der Waals surface area contributed by atoms with Crippen molar-refractivity contribution in [3.8, 4) is 0 Å². The number of carboxylic acid groups (broad SMARTS) is 1. The number of hydrogen-bond acceptors (Lipinski definition) is 6. The molecule has 84 valence electrons. The van der Waals surface area contributed by atoms with Gasteiger partial charge in [0.1, 0.15) is 0 Å². The fraction of sp³-hybridized carbons (Fsp3) is 0.143. The minimum absolute atomic E-state index is 0.0869. The van der Waals surface area contributed by atoms with Gasteiger partial charge in [0, 0.05) is 0 Å². The number of nitrogen functional groups attached to an aromatic ring is 1. The first-order valence-electron chi connectivity index (χ1n) is 4.14. The van der Waals surface area contributed by atoms with Crippen LogP contribution in [0.3, 0.4) is 0 Å². The van der Waals surface area contributed by atoms with E-state index in [4.69, 9.17) is 10.8 Å². The van der Waals surface area contributed by atoms with Gasteiger partial charge >= 0.3 is 5.97 Å². The van der Waals surface area contributed by atoms with E-state index in [2.05, 4.69) is 15.0 Å². The Morgan fingerprint density at radius 2 is 2.31 bits per heavy atom. The van der Waals surface area contributed by atoms with Crippen LogP contribution in [0.4, 0.5) is 5.95 Å². The number of aromatic nitrogens is 4. The number of fused-ring (bicyclic) bond motifs is 1. The lowest BCUT2D eigenvalue weighted by atomic mass is 10.5. The van der Waals surface area contributed by atoms with Crippen LogP contribution in [0.25, 0.3) is 11.2 Å². The quantitative estimate of drug-likeness (QED) is 0.475. The van der Waals surface area contributed by atoms with Gasteiger partial charge in [0.15, 0.2) is 11.2 Å². The average molecular weight is 225 g/mol. The fourth-order valence-electron chi connectivity index (χ4n) is 1.24. The molecular formula is C7H7N5O4. The van der Waals surface area contributed by atoms with Crippen molar-refractivity contribution in [2.24, 2.45) is 0 Å². The summed E-state index contributed by atoms with van der Waals surface area (Å²) in [5, 5.41) is 17.9. The number of carboxylic acids is 1. The summed E-state index contributed by atoms with van der Waals surface area (Å²) in [5.41, 5.74) is 4.52. The maximum Gasteiger partial charge on any atom is 0.354 e. The predicted molar refractivity (Wildman–Crippen MR) is 51.5 cm³/mol. The van der Waals surface area contributed by atoms with Gasteiger partial charge in [-0.25, -0.2) is 9.78 Å². The number of aliphatic hydroxyl groups is 1. The van der Waals surface area contributed by atoms with Crippen LogP contribution >= 0.6 is 0 Å². The van der Waals surface area contributed by atoms with E-state index in [1.807, 2.05) is 0 Å². The summed E-state index contributed by atoms with van der Waals surface area (Å²) in [7, 11) is 0. The Kier molecular flexibility index (Phi) is 2.09. The Bertz CT molecular complexity index is 615. The number of rotatable bonds is 2. The van der Waals surface area contributed by atoms with E-state index in [-0.39, 0.29) is 17.1 Å². The van der Waals surface area contributed by atoms with Gasteiger partial charge in [-0.1, -0.05) is 0 Å². The van der Waals surface area contributed by atoms with Crippen molar-refractivity contribution in [1.29, 1.82) is 0 Å². The molecule has 2 aromatic heterocycles. The lowest BCUT2D eigenvalue weighted by Gasteiger charge is -2.06. The Morgan fingerprint density at radius 1 is 1.62 bits per heavy atom. The van der Waals surface area contributed by atoms with Crippen molar-refractivity contribution in [3.05, 3.63) is 16.7 Å². The first-order chi connectivity index (χ1) is 7.50. The van der Waals surface area contributed by atoms with E-state index in [9.17, 15) is 14.7 Å². The van der Waals surface area contributed by atoms with Crippen LogP contribution in [0.2, 0.25) is 0 Å². The van der Waals surface area contributed by atoms with Gasteiger partial charge in [0.05, 0.1) is 6.33 Å². The molecule has 0 amide bonds. The Hall–Kier alpha value is -2.42. The van der Waals surface area contributed by atoms with Gasteiger partial charge in [-0.2, -0.15) is 4.98 Å². The SMILES string of the molecule is Nc1nc2c(ncn2C(O)C(=O)O)c(=O)[nH]1. The zero-order valence-electron chi connectivity index (χ0n) is 7.78. The highest BCUT2D eigenvalue weighted by atomic mass is 16.4. The molecule has 0 saturated heterocycles. The number of nitrogens with zero attached hydrogens (tertiary/aromatic N) is 3. The average Bonchev–Trinajstić information content (AvgIpc) is 2.60. The monoisotopic (exact) mass is 225 g/mol. The van der Waals surface area contributed by atoms with Crippen LogP contribution < -0.4 is 11.3 Å². The molecule has 0 aliphatic carbocycles. The first kappa shape index (κ1) is 10.1. The standard InChI is InChI=1S/C7H7N5O4/c8-7-10-3-2(4(13)11-7)9-1-12(3)5(14)6(15)16/h1,5,14H,(H,15,16)(H3,8,10,11,13). The summed E-state index contributed by atoms with van der Waals surface area (Å²) in [6.07, 6.45) is -0.857. The molecule has 1 unspecified atom stereocenters. The Balaban J connectivity index is 2.74. The molecule has 2 aromatic rings. The highest BCUT2D eigenvalue weighted by Crippen LogP contribution is 2.11. The van der Waals surface area contributed by atoms with Gasteiger partial charge < -0.3 is 15.9 Å². The molecule has 16 heavy (non-hydrogen) atoms. The lowest BCUT2D eigenvalue weighted by Crippen LogP contribution is -2.19. The van der Waals surface area contributed by atoms with Crippen LogP contribution in [-0.4, -0.2) is 35.7 Å². The fourth-order valence-corrected chi connectivity index (χ4v) is 1.24. The minimum atomic E-state index is -1.86. The second-order valence-electron chi connectivity index (χ2n) is 2.99. The van der Waals surface area contributed by atoms with E-state index in [0.29, 0.717) is 0 Å². The van der Waals surface area contributed by atoms with Crippen LogP contribution in [0.5, 0.6) is 0 Å². The summed E-state index contributed by atoms with van der Waals surface area (Å²) >= 11 is 0. The molecular weight excluding hydrogens is 218 g/mol. The zero-order valence-corrected chi connectivity index (χ0v) is 7.78. The molecule has 0 bridgehead atoms. The molecule has 0 saturated carbocycles. The highest BCUT2D eigenvalue weighted by Gasteiger charge is 2.20. The topological polar surface area (TPSA) is 147 Å². The number of nitrogens with two attached hydrogens (primary N) is 1. The molecule has 2 heterocycles. The molecule has 0 radical (unpaired) electrons. The third kappa shape index (κ3) is 1.39. The van der Waals surface area contributed by atoms with Crippen LogP contribution in [0.15, 0.2) is 11.1 Å². The first-order valence-corrected chi connectivity index (χ1v) is 4.14. The largest absolute Gasteiger partial charge is 0.478 e. The molecule has 9 nitrogen and oxygen atoms in total. The second kappa shape index (κ2) is 3.31. The Labute approximate surface area is 87.2 Å². The number of nitrogens with one attached hydrogen (secondary N) is 1. The smallest absolute Gasteiger partial charge is 0.354 e. The predicted octanol–water partition coefficient (Wildman–Crippen LogP) is -1.72. The number of aliphatic hydroxyl groups excluding tert-OH is 1. The molecule has 0 aliphatic rings. The van der Waals surface area contributed by atoms with Crippen molar-refractivity contribution in [2.75, 3.05) is 5.73 Å². The lowest BCUT2D eigenvalue weighted by molar-refractivity contribution is -0.151. The number of H-pyrrole nitrogens is 1. The van der Waals surface area contributed by atoms with E-state index >= 15 is 0 Å². The number of aliphatic carboxylic acids is 1. The second-order valence-corrected chi connectivity index (χ2v) is 2.99. The Morgan fingerprint density at radius 3 is 2.94 bits per heavy atom. The van der Waals surface area contributed by atoms with Crippen molar-refractivity contribution in [1.82, 2.24) is 19.5 Å². The third-order valence-corrected chi connectivity index (χ3v) is 1.94. The van der Waals surface area contributed by atoms with E-state index in [1.54, 1.807) is 0 Å². The zero-order chi connectivity index (χ0) is 11.9. The van der Waals surface area contributed by atoms with E-state index in [0.717, 1.165) is 10.9 Å². The van der Waals surface area contributed by atoms with Gasteiger partial charge in [0.25, 0.3) is 5.56 Å². The third-order valence-electron chi connectivity index (χ3n) is 1.94. The van der Waals surface area contributed by atoms with E-state index in [1.165, 1.54) is 0 Å². The molecule has 1 atom stereocenters. The molecule has 0 fully saturated rings. The molecule has 0 aromatic carbocycles. The maximum atomic E-state index is 11.3. The molecule has 5 N–H and O–H groups in total. The van der Waals surface area contributed by atoms with Crippen LogP contribution in [0, 0.1) is 0 Å². The van der Waals surface area contributed by atoms with Gasteiger partial charge in [-0.05, 0) is 0 Å². The van der Waals surface area contributed by atoms with E-state index < -0.39 is 17.8 Å². The van der Waals surface area contributed by atoms with Gasteiger partial charge in [-0.3, -0.25) is 14.3 Å². The molecule has 2 rings (SSSR count). The number of carbonyl (C=O) groups is 1. The summed E-state index contributed by atoms with van der Waals surface area (Å²) in [5.74, 6) is -1.67. The van der Waals surface area contributed by atoms with Crippen LogP contribution in [-0.2, 0) is 4.79 Å². The number of hydrogen-bond donors (Lipinski definition) is 4. The highest BCUT2D eigenvalue weighted by molar-refractivity contribution is 5.75. The van der Waals surface area contributed by atoms with Gasteiger partial charge in [-0.15, -0.1) is 0 Å². The summed E-state index contributed by atoms with van der Waals surface area (Å²) < 4.78 is 0.837. The summed E-state index contributed by atoms with van der Waals surface area (Å²) in [4.78, 5) is 31.4. The van der Waals surface area contributed by atoms with Gasteiger partial charge in [0.2, 0.25) is 12.2 Å². The van der Waals surface area contributed by atoms with Crippen LogP contribution in [0.1, 0.15) is 6.23 Å². The molecule has 9 heteroatoms. The summed E-state index contributed by atoms with van der Waals surface area (Å²) in [6, 6.07) is 0. The minimum Gasteiger partial charge on any atom is -0.478 e. The molecule has 0 spiro atoms. The summed E-state index contributed by atoms with van der Waals surface area (Å²) in [6.45, 7) is 0. The van der Waals surface area contributed by atoms with Crippen molar-refractivity contribution in [2.45, 2.75) is 6.23 Å². The number of aromatic amines is 1. The van der Waals surface area contributed by atoms with Crippen molar-refractivity contribution in [3.63, 3.8) is 0 Å². The number of anilines is 1. The number of imidazole rings is 1. The molecule has 0 aliphatic heterocycles.